The van der Waals surface area contributed by atoms with Crippen LogP contribution in [0.1, 0.15) is 30.3 Å². The van der Waals surface area contributed by atoms with Crippen LogP contribution in [0.4, 0.5) is 0 Å². The van der Waals surface area contributed by atoms with Crippen LogP contribution in [0, 0.1) is 0 Å². The predicted molar refractivity (Wildman–Crippen MR) is 82.1 cm³/mol. The van der Waals surface area contributed by atoms with Crippen LogP contribution in [0.2, 0.25) is 0 Å². The van der Waals surface area contributed by atoms with Gasteiger partial charge >= 0.3 is 0 Å². The van der Waals surface area contributed by atoms with E-state index in [1.807, 2.05) is 6.92 Å². The number of fused-ring (bicyclic) bond motifs is 1. The molecule has 1 fully saturated rings. The Morgan fingerprint density at radius 1 is 1.50 bits per heavy atom. The van der Waals surface area contributed by atoms with Crippen molar-refractivity contribution < 1.29 is 9.59 Å². The molecule has 2 aromatic rings. The fraction of sp³-hybridized carbons (Fsp3) is 0.429. The van der Waals surface area contributed by atoms with E-state index < -0.39 is 5.56 Å². The number of nitrogens with zero attached hydrogens (tertiary/aromatic N) is 3. The van der Waals surface area contributed by atoms with E-state index in [9.17, 15) is 14.4 Å². The molecule has 3 rings (SSSR count). The van der Waals surface area contributed by atoms with Crippen molar-refractivity contribution in [2.24, 2.45) is 0 Å². The van der Waals surface area contributed by atoms with Crippen LogP contribution in [-0.4, -0.2) is 45.2 Å². The molecule has 22 heavy (non-hydrogen) atoms. The summed E-state index contributed by atoms with van der Waals surface area (Å²) in [6.07, 6.45) is 2.89. The van der Waals surface area contributed by atoms with Crippen LogP contribution in [0.5, 0.6) is 0 Å². The molecule has 1 aliphatic rings. The molecule has 116 valence electrons. The minimum absolute atomic E-state index is 0.0553. The first kappa shape index (κ1) is 14.7. The number of rotatable bonds is 4. The minimum atomic E-state index is -0.442. The molecule has 1 atom stereocenters. The second-order valence-electron chi connectivity index (χ2n) is 5.25. The number of thiazole rings is 1. The summed E-state index contributed by atoms with van der Waals surface area (Å²) < 4.78 is 1.59. The maximum Gasteiger partial charge on any atom is 0.274 e. The standard InChI is InChI=1S/C14H16N4O3S/c1-2-3-17-8-9(6-12(17)20)15-13(21)10-7-11(19)16-14-18(10)4-5-22-14/h4-5,7,9H,2-3,6,8H2,1H3,(H,15,21). The zero-order chi connectivity index (χ0) is 15.7. The van der Waals surface area contributed by atoms with Gasteiger partial charge in [0.2, 0.25) is 5.91 Å². The number of likely N-dealkylation sites (tertiary alicyclic amines) is 1. The summed E-state index contributed by atoms with van der Waals surface area (Å²) in [5.41, 5.74) is -0.194. The maximum atomic E-state index is 12.4. The van der Waals surface area contributed by atoms with Crippen LogP contribution >= 0.6 is 11.3 Å². The molecule has 1 unspecified atom stereocenters. The number of nitrogens with one attached hydrogen (secondary N) is 1. The van der Waals surface area contributed by atoms with Gasteiger partial charge in [-0.15, -0.1) is 11.3 Å². The Labute approximate surface area is 130 Å². The summed E-state index contributed by atoms with van der Waals surface area (Å²) in [6.45, 7) is 3.23. The Morgan fingerprint density at radius 3 is 3.09 bits per heavy atom. The van der Waals surface area contributed by atoms with Crippen molar-refractivity contribution in [1.82, 2.24) is 19.6 Å². The lowest BCUT2D eigenvalue weighted by Gasteiger charge is -2.16. The molecule has 3 heterocycles. The summed E-state index contributed by atoms with van der Waals surface area (Å²) in [4.78, 5) is 41.9. The van der Waals surface area contributed by atoms with Crippen molar-refractivity contribution in [3.8, 4) is 0 Å². The number of amides is 2. The number of aromatic nitrogens is 2. The van der Waals surface area contributed by atoms with Crippen LogP contribution in [0.25, 0.3) is 4.96 Å². The number of carbonyl (C=O) groups excluding carboxylic acids is 2. The highest BCUT2D eigenvalue weighted by atomic mass is 32.1. The van der Waals surface area contributed by atoms with Gasteiger partial charge in [-0.05, 0) is 6.42 Å². The van der Waals surface area contributed by atoms with E-state index in [1.165, 1.54) is 17.4 Å². The first-order valence-corrected chi connectivity index (χ1v) is 8.02. The molecule has 1 aliphatic heterocycles. The number of carbonyl (C=O) groups is 2. The predicted octanol–water partition coefficient (Wildman–Crippen LogP) is 0.497. The van der Waals surface area contributed by atoms with Crippen LogP contribution in [0.15, 0.2) is 22.4 Å². The summed E-state index contributed by atoms with van der Waals surface area (Å²) in [7, 11) is 0. The second-order valence-corrected chi connectivity index (χ2v) is 6.12. The fourth-order valence-corrected chi connectivity index (χ4v) is 3.36. The van der Waals surface area contributed by atoms with E-state index in [4.69, 9.17) is 0 Å². The van der Waals surface area contributed by atoms with Gasteiger partial charge in [-0.25, -0.2) is 0 Å². The first-order chi connectivity index (χ1) is 10.6. The Bertz CT molecular complexity index is 782. The van der Waals surface area contributed by atoms with Gasteiger partial charge in [0.05, 0.1) is 6.04 Å². The highest BCUT2D eigenvalue weighted by Gasteiger charge is 2.30. The summed E-state index contributed by atoms with van der Waals surface area (Å²) in [6, 6.07) is 0.999. The zero-order valence-corrected chi connectivity index (χ0v) is 12.9. The Hall–Kier alpha value is -2.22. The number of hydrogen-bond donors (Lipinski definition) is 1. The van der Waals surface area contributed by atoms with E-state index in [1.54, 1.807) is 20.9 Å². The normalized spacial score (nSPS) is 18.1. The van der Waals surface area contributed by atoms with Gasteiger partial charge < -0.3 is 10.2 Å². The molecule has 0 saturated carbocycles. The van der Waals surface area contributed by atoms with Crippen molar-refractivity contribution in [1.29, 1.82) is 0 Å². The van der Waals surface area contributed by atoms with Crippen molar-refractivity contribution in [3.63, 3.8) is 0 Å². The van der Waals surface area contributed by atoms with Gasteiger partial charge in [-0.2, -0.15) is 4.98 Å². The molecule has 0 bridgehead atoms. The SMILES string of the molecule is CCCN1CC(NC(=O)c2cc(=O)nc3sccn23)CC1=O. The molecule has 0 aromatic carbocycles. The van der Waals surface area contributed by atoms with Gasteiger partial charge in [0, 0.05) is 37.2 Å². The smallest absolute Gasteiger partial charge is 0.274 e. The molecule has 7 nitrogen and oxygen atoms in total. The lowest BCUT2D eigenvalue weighted by molar-refractivity contribution is -0.127. The Kier molecular flexibility index (Phi) is 3.93. The molecule has 0 aliphatic carbocycles. The van der Waals surface area contributed by atoms with Crippen LogP contribution in [-0.2, 0) is 4.79 Å². The molecule has 0 spiro atoms. The van der Waals surface area contributed by atoms with E-state index >= 15 is 0 Å². The molecule has 2 amide bonds. The average molecular weight is 320 g/mol. The molecule has 1 N–H and O–H groups in total. The Balaban J connectivity index is 1.78. The van der Waals surface area contributed by atoms with E-state index in [-0.39, 0.29) is 23.6 Å². The molecule has 0 radical (unpaired) electrons. The van der Waals surface area contributed by atoms with E-state index in [0.717, 1.165) is 6.42 Å². The minimum Gasteiger partial charge on any atom is -0.346 e. The second kappa shape index (κ2) is 5.88. The molecule has 8 heteroatoms. The lowest BCUT2D eigenvalue weighted by atomic mass is 10.2. The van der Waals surface area contributed by atoms with Crippen molar-refractivity contribution in [2.45, 2.75) is 25.8 Å². The third-order valence-electron chi connectivity index (χ3n) is 3.59. The van der Waals surface area contributed by atoms with Crippen molar-refractivity contribution >= 4 is 28.1 Å². The third kappa shape index (κ3) is 2.74. The van der Waals surface area contributed by atoms with Crippen molar-refractivity contribution in [3.05, 3.63) is 33.7 Å². The average Bonchev–Trinajstić information content (AvgIpc) is 3.05. The van der Waals surface area contributed by atoms with Gasteiger partial charge in [0.25, 0.3) is 11.5 Å². The van der Waals surface area contributed by atoms with E-state index in [0.29, 0.717) is 24.5 Å². The summed E-state index contributed by atoms with van der Waals surface area (Å²) in [5, 5.41) is 4.60. The van der Waals surface area contributed by atoms with Crippen LogP contribution < -0.4 is 10.9 Å². The Morgan fingerprint density at radius 2 is 2.32 bits per heavy atom. The zero-order valence-electron chi connectivity index (χ0n) is 12.1. The molecule has 1 saturated heterocycles. The monoisotopic (exact) mass is 320 g/mol. The van der Waals surface area contributed by atoms with Crippen LogP contribution in [0.3, 0.4) is 0 Å². The summed E-state index contributed by atoms with van der Waals surface area (Å²) in [5.74, 6) is -0.302. The van der Waals surface area contributed by atoms with Gasteiger partial charge in [0.1, 0.15) is 5.69 Å². The lowest BCUT2D eigenvalue weighted by Crippen LogP contribution is -2.38. The topological polar surface area (TPSA) is 83.8 Å². The highest BCUT2D eigenvalue weighted by molar-refractivity contribution is 7.15. The largest absolute Gasteiger partial charge is 0.346 e. The maximum absolute atomic E-state index is 12.4. The van der Waals surface area contributed by atoms with Gasteiger partial charge in [0.15, 0.2) is 4.96 Å². The fourth-order valence-electron chi connectivity index (χ4n) is 2.64. The van der Waals surface area contributed by atoms with E-state index in [2.05, 4.69) is 10.3 Å². The quantitative estimate of drug-likeness (QED) is 0.889. The highest BCUT2D eigenvalue weighted by Crippen LogP contribution is 2.13. The van der Waals surface area contributed by atoms with Gasteiger partial charge in [-0.3, -0.25) is 18.8 Å². The molecular formula is C14H16N4O3S. The first-order valence-electron chi connectivity index (χ1n) is 7.14. The summed E-state index contributed by atoms with van der Waals surface area (Å²) >= 11 is 1.29. The molecular weight excluding hydrogens is 304 g/mol. The van der Waals surface area contributed by atoms with Crippen molar-refractivity contribution in [2.75, 3.05) is 13.1 Å². The third-order valence-corrected chi connectivity index (χ3v) is 4.35. The number of hydrogen-bond acceptors (Lipinski definition) is 5. The molecule has 2 aromatic heterocycles. The van der Waals surface area contributed by atoms with Gasteiger partial charge in [-0.1, -0.05) is 6.92 Å².